The molecule has 16 heavy (non-hydrogen) atoms. The van der Waals surface area contributed by atoms with Crippen molar-refractivity contribution in [1.29, 1.82) is 0 Å². The van der Waals surface area contributed by atoms with Gasteiger partial charge in [0, 0.05) is 19.3 Å². The minimum absolute atomic E-state index is 0.166. The summed E-state index contributed by atoms with van der Waals surface area (Å²) in [6.07, 6.45) is 2.04. The van der Waals surface area contributed by atoms with E-state index < -0.39 is 9.84 Å². The lowest BCUT2D eigenvalue weighted by Crippen LogP contribution is -2.32. The molecule has 1 aliphatic heterocycles. The predicted octanol–water partition coefficient (Wildman–Crippen LogP) is 0.968. The molecule has 1 saturated heterocycles. The van der Waals surface area contributed by atoms with Gasteiger partial charge in [0.25, 0.3) is 0 Å². The quantitative estimate of drug-likeness (QED) is 0.713. The van der Waals surface area contributed by atoms with E-state index in [1.165, 1.54) is 0 Å². The second-order valence-electron chi connectivity index (χ2n) is 4.64. The van der Waals surface area contributed by atoms with E-state index in [0.29, 0.717) is 44.3 Å². The molecule has 96 valence electrons. The van der Waals surface area contributed by atoms with Crippen LogP contribution in [0.15, 0.2) is 0 Å². The minimum atomic E-state index is -2.90. The first kappa shape index (κ1) is 13.9. The Morgan fingerprint density at radius 2 is 1.94 bits per heavy atom. The molecule has 1 fully saturated rings. The smallest absolute Gasteiger partial charge is 0.153 e. The molecule has 0 bridgehead atoms. The first-order valence-electron chi connectivity index (χ1n) is 6.05. The summed E-state index contributed by atoms with van der Waals surface area (Å²) in [7, 11) is -2.90. The van der Waals surface area contributed by atoms with Gasteiger partial charge in [0.15, 0.2) is 9.84 Å². The van der Waals surface area contributed by atoms with E-state index in [0.717, 1.165) is 6.54 Å². The molecule has 0 spiro atoms. The van der Waals surface area contributed by atoms with E-state index >= 15 is 0 Å². The van der Waals surface area contributed by atoms with Gasteiger partial charge < -0.3 is 10.1 Å². The van der Waals surface area contributed by atoms with E-state index in [-0.39, 0.29) is 5.25 Å². The van der Waals surface area contributed by atoms with Crippen molar-refractivity contribution in [3.8, 4) is 0 Å². The average Bonchev–Trinajstić information content (AvgIpc) is 2.26. The Hall–Kier alpha value is -0.130. The summed E-state index contributed by atoms with van der Waals surface area (Å²) in [5.41, 5.74) is 0. The molecule has 0 aromatic heterocycles. The second-order valence-corrected chi connectivity index (χ2v) is 7.04. The first-order valence-corrected chi connectivity index (χ1v) is 7.76. The lowest BCUT2D eigenvalue weighted by Gasteiger charge is -2.22. The summed E-state index contributed by atoms with van der Waals surface area (Å²) < 4.78 is 29.1. The average molecular weight is 249 g/mol. The van der Waals surface area contributed by atoms with Crippen LogP contribution < -0.4 is 5.32 Å². The fraction of sp³-hybridized carbons (Fsp3) is 1.00. The third-order valence-electron chi connectivity index (χ3n) is 2.83. The molecule has 1 rings (SSSR count). The Kier molecular flexibility index (Phi) is 5.72. The molecule has 0 aromatic carbocycles. The van der Waals surface area contributed by atoms with Crippen LogP contribution >= 0.6 is 0 Å². The second kappa shape index (κ2) is 6.57. The zero-order valence-electron chi connectivity index (χ0n) is 10.2. The summed E-state index contributed by atoms with van der Waals surface area (Å²) in [5.74, 6) is 0.303. The highest BCUT2D eigenvalue weighted by molar-refractivity contribution is 7.92. The summed E-state index contributed by atoms with van der Waals surface area (Å²) in [5, 5.41) is 3.07. The highest BCUT2D eigenvalue weighted by atomic mass is 32.2. The van der Waals surface area contributed by atoms with Crippen LogP contribution in [-0.4, -0.2) is 45.2 Å². The SMILES string of the molecule is CC(C)NCCCS(=O)(=O)C1CCOCC1. The maximum atomic E-state index is 11.9. The maximum Gasteiger partial charge on any atom is 0.153 e. The topological polar surface area (TPSA) is 55.4 Å². The normalized spacial score (nSPS) is 19.2. The minimum Gasteiger partial charge on any atom is -0.381 e. The van der Waals surface area contributed by atoms with Gasteiger partial charge in [-0.1, -0.05) is 13.8 Å². The molecule has 0 aliphatic carbocycles. The van der Waals surface area contributed by atoms with Crippen LogP contribution in [0.2, 0.25) is 0 Å². The van der Waals surface area contributed by atoms with Crippen molar-refractivity contribution >= 4 is 9.84 Å². The first-order chi connectivity index (χ1) is 7.52. The standard InChI is InChI=1S/C11H23NO3S/c1-10(2)12-6-3-9-16(13,14)11-4-7-15-8-5-11/h10-12H,3-9H2,1-2H3. The monoisotopic (exact) mass is 249 g/mol. The molecule has 0 saturated carbocycles. The van der Waals surface area contributed by atoms with Crippen molar-refractivity contribution in [3.05, 3.63) is 0 Å². The van der Waals surface area contributed by atoms with Crippen molar-refractivity contribution in [2.75, 3.05) is 25.5 Å². The Bertz CT molecular complexity index is 282. The van der Waals surface area contributed by atoms with E-state index in [4.69, 9.17) is 4.74 Å². The van der Waals surface area contributed by atoms with Gasteiger partial charge >= 0.3 is 0 Å². The van der Waals surface area contributed by atoms with Crippen molar-refractivity contribution in [2.45, 2.75) is 44.4 Å². The van der Waals surface area contributed by atoms with Crippen LogP contribution in [0.1, 0.15) is 33.1 Å². The third-order valence-corrected chi connectivity index (χ3v) is 5.18. The molecule has 0 aromatic rings. The lowest BCUT2D eigenvalue weighted by molar-refractivity contribution is 0.0983. The van der Waals surface area contributed by atoms with Crippen LogP contribution in [0.5, 0.6) is 0 Å². The molecule has 1 heterocycles. The Labute approximate surface area is 98.7 Å². The molecule has 1 aliphatic rings. The molecule has 5 heteroatoms. The van der Waals surface area contributed by atoms with Crippen LogP contribution in [0, 0.1) is 0 Å². The summed E-state index contributed by atoms with van der Waals surface area (Å²) in [6.45, 7) is 6.09. The van der Waals surface area contributed by atoms with Crippen molar-refractivity contribution in [3.63, 3.8) is 0 Å². The fourth-order valence-corrected chi connectivity index (χ4v) is 3.66. The van der Waals surface area contributed by atoms with Gasteiger partial charge in [-0.3, -0.25) is 0 Å². The zero-order valence-corrected chi connectivity index (χ0v) is 11.1. The third kappa shape index (κ3) is 4.80. The molecular formula is C11H23NO3S. The Balaban J connectivity index is 2.27. The van der Waals surface area contributed by atoms with Gasteiger partial charge in [-0.05, 0) is 25.8 Å². The number of nitrogens with one attached hydrogen (secondary N) is 1. The lowest BCUT2D eigenvalue weighted by atomic mass is 10.2. The van der Waals surface area contributed by atoms with E-state index in [2.05, 4.69) is 19.2 Å². The van der Waals surface area contributed by atoms with Crippen LogP contribution in [-0.2, 0) is 14.6 Å². The number of hydrogen-bond acceptors (Lipinski definition) is 4. The highest BCUT2D eigenvalue weighted by Gasteiger charge is 2.26. The number of ether oxygens (including phenoxy) is 1. The molecule has 0 unspecified atom stereocenters. The Morgan fingerprint density at radius 3 is 2.50 bits per heavy atom. The molecule has 4 nitrogen and oxygen atoms in total. The summed E-state index contributed by atoms with van der Waals surface area (Å²) >= 11 is 0. The van der Waals surface area contributed by atoms with Gasteiger partial charge in [-0.15, -0.1) is 0 Å². The Morgan fingerprint density at radius 1 is 1.31 bits per heavy atom. The van der Waals surface area contributed by atoms with Gasteiger partial charge in [-0.2, -0.15) is 0 Å². The van der Waals surface area contributed by atoms with E-state index in [1.807, 2.05) is 0 Å². The van der Waals surface area contributed by atoms with Crippen molar-refractivity contribution < 1.29 is 13.2 Å². The molecule has 0 amide bonds. The number of hydrogen-bond donors (Lipinski definition) is 1. The zero-order chi connectivity index (χ0) is 12.0. The van der Waals surface area contributed by atoms with Crippen molar-refractivity contribution in [1.82, 2.24) is 5.32 Å². The van der Waals surface area contributed by atoms with Gasteiger partial charge in [0.05, 0.1) is 11.0 Å². The van der Waals surface area contributed by atoms with Gasteiger partial charge in [0.1, 0.15) is 0 Å². The largest absolute Gasteiger partial charge is 0.381 e. The molecular weight excluding hydrogens is 226 g/mol. The van der Waals surface area contributed by atoms with E-state index in [1.54, 1.807) is 0 Å². The van der Waals surface area contributed by atoms with Gasteiger partial charge in [0.2, 0.25) is 0 Å². The molecule has 1 N–H and O–H groups in total. The van der Waals surface area contributed by atoms with Crippen LogP contribution in [0.4, 0.5) is 0 Å². The molecule has 0 atom stereocenters. The predicted molar refractivity (Wildman–Crippen MR) is 65.4 cm³/mol. The van der Waals surface area contributed by atoms with E-state index in [9.17, 15) is 8.42 Å². The van der Waals surface area contributed by atoms with Crippen LogP contribution in [0.25, 0.3) is 0 Å². The van der Waals surface area contributed by atoms with Gasteiger partial charge in [-0.25, -0.2) is 8.42 Å². The van der Waals surface area contributed by atoms with Crippen molar-refractivity contribution in [2.24, 2.45) is 0 Å². The number of rotatable bonds is 6. The molecule has 0 radical (unpaired) electrons. The summed E-state index contributed by atoms with van der Waals surface area (Å²) in [6, 6.07) is 0.422. The summed E-state index contributed by atoms with van der Waals surface area (Å²) in [4.78, 5) is 0. The fourth-order valence-electron chi connectivity index (χ4n) is 1.87. The highest BCUT2D eigenvalue weighted by Crippen LogP contribution is 2.16. The number of sulfone groups is 1. The maximum absolute atomic E-state index is 11.9. The van der Waals surface area contributed by atoms with Crippen LogP contribution in [0.3, 0.4) is 0 Å².